The number of para-hydroxylation sites is 1. The van der Waals surface area contributed by atoms with Gasteiger partial charge in [0.2, 0.25) is 5.91 Å². The van der Waals surface area contributed by atoms with Gasteiger partial charge in [0.05, 0.1) is 11.4 Å². The zero-order chi connectivity index (χ0) is 14.5. The molecule has 0 saturated carbocycles. The summed E-state index contributed by atoms with van der Waals surface area (Å²) in [6.45, 7) is 5.71. The molecule has 5 nitrogen and oxygen atoms in total. The molecule has 0 aliphatic carbocycles. The fourth-order valence-corrected chi connectivity index (χ4v) is 2.09. The normalized spacial score (nSPS) is 10.9. The van der Waals surface area contributed by atoms with E-state index in [1.807, 2.05) is 39.0 Å². The molecule has 0 aliphatic heterocycles. The smallest absolute Gasteiger partial charge is 0.319 e. The Morgan fingerprint density at radius 1 is 1.26 bits per heavy atom. The number of thioether (sulfide) groups is 1. The first kappa shape index (κ1) is 15.4. The van der Waals surface area contributed by atoms with Crippen molar-refractivity contribution in [3.8, 4) is 0 Å². The highest BCUT2D eigenvalue weighted by Crippen LogP contribution is 2.26. The average Bonchev–Trinajstić information content (AvgIpc) is 2.25. The van der Waals surface area contributed by atoms with Crippen LogP contribution in [0.2, 0.25) is 0 Å². The number of hydrogen-bond donors (Lipinski definition) is 3. The lowest BCUT2D eigenvalue weighted by atomic mass is 10.1. The Morgan fingerprint density at radius 3 is 2.47 bits per heavy atom. The molecule has 1 aromatic carbocycles. The maximum absolute atomic E-state index is 11.8. The van der Waals surface area contributed by atoms with Gasteiger partial charge in [-0.1, -0.05) is 12.1 Å². The summed E-state index contributed by atoms with van der Waals surface area (Å²) in [6, 6.07) is 7.00. The van der Waals surface area contributed by atoms with E-state index in [4.69, 9.17) is 5.73 Å². The Kier molecular flexibility index (Phi) is 5.23. The monoisotopic (exact) mass is 281 g/mol. The Balaban J connectivity index is 2.72. The highest BCUT2D eigenvalue weighted by Gasteiger charge is 2.14. The van der Waals surface area contributed by atoms with Crippen molar-refractivity contribution in [2.45, 2.75) is 31.2 Å². The molecule has 6 heteroatoms. The van der Waals surface area contributed by atoms with Crippen LogP contribution in [0.25, 0.3) is 0 Å². The summed E-state index contributed by atoms with van der Waals surface area (Å²) >= 11 is 1.30. The van der Waals surface area contributed by atoms with Crippen LogP contribution in [0.15, 0.2) is 29.2 Å². The zero-order valence-corrected chi connectivity index (χ0v) is 12.1. The molecule has 0 fully saturated rings. The summed E-state index contributed by atoms with van der Waals surface area (Å²) in [5.41, 5.74) is 5.47. The summed E-state index contributed by atoms with van der Waals surface area (Å²) in [5.74, 6) is -0.210. The molecule has 0 atom stereocenters. The van der Waals surface area contributed by atoms with Gasteiger partial charge in [-0.15, -0.1) is 11.8 Å². The summed E-state index contributed by atoms with van der Waals surface area (Å²) in [4.78, 5) is 23.4. The lowest BCUT2D eigenvalue weighted by Crippen LogP contribution is -2.43. The third kappa shape index (κ3) is 6.15. The van der Waals surface area contributed by atoms with Crippen LogP contribution in [0.4, 0.5) is 10.5 Å². The lowest BCUT2D eigenvalue weighted by Gasteiger charge is -2.21. The molecular weight excluding hydrogens is 262 g/mol. The summed E-state index contributed by atoms with van der Waals surface area (Å²) < 4.78 is 0. The van der Waals surface area contributed by atoms with Crippen molar-refractivity contribution in [3.63, 3.8) is 0 Å². The van der Waals surface area contributed by atoms with E-state index >= 15 is 0 Å². The largest absolute Gasteiger partial charge is 0.369 e. The van der Waals surface area contributed by atoms with Crippen molar-refractivity contribution in [1.82, 2.24) is 5.32 Å². The molecule has 19 heavy (non-hydrogen) atoms. The molecule has 0 radical (unpaired) electrons. The third-order valence-corrected chi connectivity index (χ3v) is 3.09. The van der Waals surface area contributed by atoms with Crippen LogP contribution in [0.1, 0.15) is 20.8 Å². The van der Waals surface area contributed by atoms with Crippen LogP contribution >= 0.6 is 11.8 Å². The van der Waals surface area contributed by atoms with Gasteiger partial charge >= 0.3 is 6.03 Å². The van der Waals surface area contributed by atoms with Crippen molar-refractivity contribution in [2.75, 3.05) is 11.1 Å². The molecule has 4 N–H and O–H groups in total. The molecule has 104 valence electrons. The van der Waals surface area contributed by atoms with Crippen LogP contribution < -0.4 is 16.4 Å². The van der Waals surface area contributed by atoms with E-state index in [1.54, 1.807) is 6.07 Å². The van der Waals surface area contributed by atoms with Crippen LogP contribution in [0.3, 0.4) is 0 Å². The molecule has 1 rings (SSSR count). The molecule has 0 bridgehead atoms. The van der Waals surface area contributed by atoms with Crippen LogP contribution in [-0.2, 0) is 4.79 Å². The molecule has 0 heterocycles. The highest BCUT2D eigenvalue weighted by molar-refractivity contribution is 8.00. The van der Waals surface area contributed by atoms with Crippen LogP contribution in [0, 0.1) is 0 Å². The number of nitrogens with one attached hydrogen (secondary N) is 2. The Hall–Kier alpha value is -1.69. The van der Waals surface area contributed by atoms with Gasteiger partial charge in [0, 0.05) is 10.4 Å². The van der Waals surface area contributed by atoms with Crippen molar-refractivity contribution in [3.05, 3.63) is 24.3 Å². The van der Waals surface area contributed by atoms with Gasteiger partial charge in [-0.2, -0.15) is 0 Å². The van der Waals surface area contributed by atoms with Gasteiger partial charge in [0.25, 0.3) is 0 Å². The molecule has 0 spiro atoms. The Labute approximate surface area is 117 Å². The SMILES string of the molecule is CC(C)(C)NC(=O)Nc1ccccc1SCC(N)=O. The fraction of sp³-hybridized carbons (Fsp3) is 0.385. The minimum Gasteiger partial charge on any atom is -0.369 e. The molecule has 0 aromatic heterocycles. The lowest BCUT2D eigenvalue weighted by molar-refractivity contribution is -0.115. The number of rotatable bonds is 4. The van der Waals surface area contributed by atoms with Gasteiger partial charge in [-0.25, -0.2) is 4.79 Å². The van der Waals surface area contributed by atoms with E-state index in [0.29, 0.717) is 5.69 Å². The van der Waals surface area contributed by atoms with Crippen molar-refractivity contribution >= 4 is 29.4 Å². The van der Waals surface area contributed by atoms with Gasteiger partial charge in [0.15, 0.2) is 0 Å². The Morgan fingerprint density at radius 2 is 1.89 bits per heavy atom. The van der Waals surface area contributed by atoms with E-state index in [-0.39, 0.29) is 23.2 Å². The number of carbonyl (C=O) groups excluding carboxylic acids is 2. The molecular formula is C13H19N3O2S. The van der Waals surface area contributed by atoms with Crippen LogP contribution in [-0.4, -0.2) is 23.2 Å². The van der Waals surface area contributed by atoms with E-state index < -0.39 is 0 Å². The summed E-state index contributed by atoms with van der Waals surface area (Å²) in [7, 11) is 0. The number of nitrogens with two attached hydrogens (primary N) is 1. The minimum absolute atomic E-state index is 0.180. The van der Waals surface area contributed by atoms with Crippen LogP contribution in [0.5, 0.6) is 0 Å². The number of amides is 3. The number of anilines is 1. The second-order valence-electron chi connectivity index (χ2n) is 5.08. The van der Waals surface area contributed by atoms with Crippen molar-refractivity contribution < 1.29 is 9.59 Å². The van der Waals surface area contributed by atoms with Crippen molar-refractivity contribution in [1.29, 1.82) is 0 Å². The predicted octanol–water partition coefficient (Wildman–Crippen LogP) is 2.18. The molecule has 0 saturated heterocycles. The van der Waals surface area contributed by atoms with Crippen molar-refractivity contribution in [2.24, 2.45) is 5.73 Å². The fourth-order valence-electron chi connectivity index (χ4n) is 1.34. The van der Waals surface area contributed by atoms with Gasteiger partial charge < -0.3 is 16.4 Å². The molecule has 1 aromatic rings. The van der Waals surface area contributed by atoms with Gasteiger partial charge in [-0.3, -0.25) is 4.79 Å². The first-order valence-electron chi connectivity index (χ1n) is 5.87. The number of hydrogen-bond acceptors (Lipinski definition) is 3. The highest BCUT2D eigenvalue weighted by atomic mass is 32.2. The second-order valence-corrected chi connectivity index (χ2v) is 6.10. The number of carbonyl (C=O) groups is 2. The number of urea groups is 1. The Bertz CT molecular complexity index is 469. The average molecular weight is 281 g/mol. The second kappa shape index (κ2) is 6.47. The maximum atomic E-state index is 11.8. The summed E-state index contributed by atoms with van der Waals surface area (Å²) in [6.07, 6.45) is 0. The van der Waals surface area contributed by atoms with E-state index in [1.165, 1.54) is 11.8 Å². The van der Waals surface area contributed by atoms with Gasteiger partial charge in [0.1, 0.15) is 0 Å². The van der Waals surface area contributed by atoms with E-state index in [9.17, 15) is 9.59 Å². The quantitative estimate of drug-likeness (QED) is 0.740. The predicted molar refractivity (Wildman–Crippen MR) is 78.3 cm³/mol. The third-order valence-electron chi connectivity index (χ3n) is 1.99. The topological polar surface area (TPSA) is 84.2 Å². The van der Waals surface area contributed by atoms with Gasteiger partial charge in [-0.05, 0) is 32.9 Å². The minimum atomic E-state index is -0.390. The molecule has 0 unspecified atom stereocenters. The number of primary amides is 1. The first-order valence-corrected chi connectivity index (χ1v) is 6.86. The first-order chi connectivity index (χ1) is 8.78. The molecule has 3 amide bonds. The molecule has 0 aliphatic rings. The van der Waals surface area contributed by atoms with E-state index in [0.717, 1.165) is 4.90 Å². The number of benzene rings is 1. The zero-order valence-electron chi connectivity index (χ0n) is 11.3. The summed E-state index contributed by atoms with van der Waals surface area (Å²) in [5, 5.41) is 5.58. The maximum Gasteiger partial charge on any atom is 0.319 e. The van der Waals surface area contributed by atoms with E-state index in [2.05, 4.69) is 10.6 Å². The standard InChI is InChI=1S/C13H19N3O2S/c1-13(2,3)16-12(18)15-9-6-4-5-7-10(9)19-8-11(14)17/h4-7H,8H2,1-3H3,(H2,14,17)(H2,15,16,18).